The van der Waals surface area contributed by atoms with Crippen LogP contribution >= 0.6 is 35.0 Å². The molecule has 1 amide bonds. The lowest BCUT2D eigenvalue weighted by molar-refractivity contribution is -0.134. The Morgan fingerprint density at radius 1 is 1.12 bits per heavy atom. The van der Waals surface area contributed by atoms with Gasteiger partial charge in [0, 0.05) is 33.9 Å². The molecule has 0 fully saturated rings. The van der Waals surface area contributed by atoms with Gasteiger partial charge in [-0.2, -0.15) is 0 Å². The van der Waals surface area contributed by atoms with Crippen LogP contribution in [0.5, 0.6) is 0 Å². The van der Waals surface area contributed by atoms with E-state index in [1.807, 2.05) is 6.07 Å². The number of pyridine rings is 1. The van der Waals surface area contributed by atoms with Crippen LogP contribution in [0.3, 0.4) is 0 Å². The van der Waals surface area contributed by atoms with Crippen LogP contribution in [0.15, 0.2) is 66.9 Å². The van der Waals surface area contributed by atoms with Crippen molar-refractivity contribution >= 4 is 46.0 Å². The fourth-order valence-corrected chi connectivity index (χ4v) is 5.25. The van der Waals surface area contributed by atoms with Gasteiger partial charge in [-0.25, -0.2) is 4.39 Å². The maximum atomic E-state index is 16.1. The normalized spacial score (nSPS) is 19.8. The topological polar surface area (TPSA) is 59.1 Å². The number of halogens is 3. The molecule has 1 unspecified atom stereocenters. The summed E-state index contributed by atoms with van der Waals surface area (Å²) in [4.78, 5) is 29.9. The highest BCUT2D eigenvalue weighted by molar-refractivity contribution is 8.14. The molecule has 3 aromatic rings. The van der Waals surface area contributed by atoms with Gasteiger partial charge in [0.1, 0.15) is 0 Å². The molecule has 2 aromatic carbocycles. The van der Waals surface area contributed by atoms with Gasteiger partial charge < -0.3 is 5.32 Å². The second-order valence-corrected chi connectivity index (χ2v) is 9.47. The zero-order valence-corrected chi connectivity index (χ0v) is 19.2. The number of nitrogens with one attached hydrogen (secondary N) is 1. The lowest BCUT2D eigenvalue weighted by atomic mass is 9.82. The molecule has 2 atom stereocenters. The van der Waals surface area contributed by atoms with Gasteiger partial charge in [0.2, 0.25) is 10.8 Å². The van der Waals surface area contributed by atoms with Crippen LogP contribution in [0.4, 0.5) is 4.39 Å². The molecular weight excluding hydrogens is 470 g/mol. The quantitative estimate of drug-likeness (QED) is 0.459. The number of fused-ring (bicyclic) bond motifs is 1. The van der Waals surface area contributed by atoms with E-state index in [1.54, 1.807) is 60.8 Å². The monoisotopic (exact) mass is 488 g/mol. The highest BCUT2D eigenvalue weighted by Gasteiger charge is 2.47. The van der Waals surface area contributed by atoms with Gasteiger partial charge in [-0.3, -0.25) is 14.6 Å². The summed E-state index contributed by atoms with van der Waals surface area (Å²) in [5.74, 6) is -0.754. The average molecular weight is 489 g/mol. The minimum atomic E-state index is -2.24. The third kappa shape index (κ3) is 4.68. The number of nitrogens with zero attached hydrogens (tertiary/aromatic N) is 1. The molecule has 0 spiro atoms. The Morgan fingerprint density at radius 2 is 1.91 bits per heavy atom. The number of carbonyl (C=O) groups excluding carboxylic acids is 2. The highest BCUT2D eigenvalue weighted by atomic mass is 35.5. The van der Waals surface area contributed by atoms with E-state index >= 15 is 4.39 Å². The van der Waals surface area contributed by atoms with Gasteiger partial charge in [-0.15, -0.1) is 0 Å². The van der Waals surface area contributed by atoms with Crippen LogP contribution in [0.1, 0.15) is 45.3 Å². The minimum Gasteiger partial charge on any atom is -0.349 e. The molecule has 164 valence electrons. The molecule has 0 bridgehead atoms. The smallest absolute Gasteiger partial charge is 0.262 e. The van der Waals surface area contributed by atoms with Crippen molar-refractivity contribution in [1.29, 1.82) is 0 Å². The molecule has 0 saturated carbocycles. The standard InChI is InChI=1S/C24H19Cl2FN2O2S/c25-17-9-8-16(19(26)13-17)14-29-23(31)24(27)11-10-20(21-18(24)7-4-12-28-21)32-22(30)15-5-2-1-3-6-15/h1-9,12-13,20H,10-11,14H2,(H,29,31)/t20?,24-/m0/s1. The van der Waals surface area contributed by atoms with Crippen molar-refractivity contribution in [3.8, 4) is 0 Å². The lowest BCUT2D eigenvalue weighted by Gasteiger charge is -2.34. The number of hydrogen-bond donors (Lipinski definition) is 1. The van der Waals surface area contributed by atoms with Crippen molar-refractivity contribution < 1.29 is 14.0 Å². The number of rotatable bonds is 5. The van der Waals surface area contributed by atoms with E-state index in [9.17, 15) is 9.59 Å². The molecule has 1 aromatic heterocycles. The Bertz CT molecular complexity index is 1160. The lowest BCUT2D eigenvalue weighted by Crippen LogP contribution is -2.43. The Hall–Kier alpha value is -2.41. The summed E-state index contributed by atoms with van der Waals surface area (Å²) in [6.45, 7) is 0.0702. The van der Waals surface area contributed by atoms with Crippen molar-refractivity contribution in [2.45, 2.75) is 30.3 Å². The number of amides is 1. The number of carbonyl (C=O) groups is 2. The van der Waals surface area contributed by atoms with Crippen molar-refractivity contribution in [2.24, 2.45) is 0 Å². The predicted molar refractivity (Wildman–Crippen MR) is 126 cm³/mol. The van der Waals surface area contributed by atoms with E-state index in [1.165, 1.54) is 0 Å². The first-order chi connectivity index (χ1) is 15.4. The summed E-state index contributed by atoms with van der Waals surface area (Å²) in [5.41, 5.74) is -0.406. The van der Waals surface area contributed by atoms with Gasteiger partial charge >= 0.3 is 0 Å². The van der Waals surface area contributed by atoms with Crippen LogP contribution in [0.25, 0.3) is 0 Å². The second-order valence-electron chi connectivity index (χ2n) is 7.45. The Labute approximate surface area is 199 Å². The molecule has 0 saturated heterocycles. The fraction of sp³-hybridized carbons (Fsp3) is 0.208. The van der Waals surface area contributed by atoms with E-state index in [-0.39, 0.29) is 28.9 Å². The van der Waals surface area contributed by atoms with E-state index in [0.717, 1.165) is 11.8 Å². The first-order valence-corrected chi connectivity index (χ1v) is 11.6. The van der Waals surface area contributed by atoms with E-state index in [4.69, 9.17) is 23.2 Å². The van der Waals surface area contributed by atoms with E-state index < -0.39 is 11.6 Å². The zero-order valence-electron chi connectivity index (χ0n) is 16.9. The Morgan fingerprint density at radius 3 is 2.66 bits per heavy atom. The van der Waals surface area contributed by atoms with Crippen molar-refractivity contribution in [1.82, 2.24) is 10.3 Å². The zero-order chi connectivity index (χ0) is 22.7. The molecular formula is C24H19Cl2FN2O2S. The SMILES string of the molecule is O=C(SC1CC[C@@](F)(C(=O)NCc2ccc(Cl)cc2Cl)c2cccnc21)c1ccccc1. The summed E-state index contributed by atoms with van der Waals surface area (Å²) in [7, 11) is 0. The third-order valence-electron chi connectivity index (χ3n) is 5.39. The van der Waals surface area contributed by atoms with Gasteiger partial charge in [0.25, 0.3) is 5.91 Å². The maximum Gasteiger partial charge on any atom is 0.262 e. The molecule has 0 radical (unpaired) electrons. The van der Waals surface area contributed by atoms with Gasteiger partial charge in [0.15, 0.2) is 0 Å². The van der Waals surface area contributed by atoms with E-state index in [0.29, 0.717) is 33.3 Å². The molecule has 4 nitrogen and oxygen atoms in total. The van der Waals surface area contributed by atoms with Crippen molar-refractivity contribution in [2.75, 3.05) is 0 Å². The number of thioether (sulfide) groups is 1. The van der Waals surface area contributed by atoms with Crippen molar-refractivity contribution in [3.05, 3.63) is 99.3 Å². The molecule has 0 aliphatic heterocycles. The molecule has 1 aliphatic carbocycles. The molecule has 4 rings (SSSR count). The van der Waals surface area contributed by atoms with Crippen LogP contribution < -0.4 is 5.32 Å². The first kappa shape index (κ1) is 22.8. The summed E-state index contributed by atoms with van der Waals surface area (Å²) < 4.78 is 16.1. The van der Waals surface area contributed by atoms with Crippen LogP contribution in [-0.2, 0) is 17.0 Å². The average Bonchev–Trinajstić information content (AvgIpc) is 2.81. The number of hydrogen-bond acceptors (Lipinski definition) is 4. The second kappa shape index (κ2) is 9.61. The minimum absolute atomic E-state index is 0.0500. The summed E-state index contributed by atoms with van der Waals surface area (Å²) >= 11 is 13.2. The van der Waals surface area contributed by atoms with Gasteiger partial charge in [-0.05, 0) is 36.6 Å². The molecule has 32 heavy (non-hydrogen) atoms. The molecule has 1 N–H and O–H groups in total. The van der Waals surface area contributed by atoms with E-state index in [2.05, 4.69) is 10.3 Å². The third-order valence-corrected chi connectivity index (χ3v) is 7.17. The molecule has 1 aliphatic rings. The Balaban J connectivity index is 1.53. The van der Waals surface area contributed by atoms with Crippen LogP contribution in [0, 0.1) is 0 Å². The molecule has 8 heteroatoms. The number of alkyl halides is 1. The summed E-state index contributed by atoms with van der Waals surface area (Å²) in [6, 6.07) is 17.0. The number of benzene rings is 2. The number of aromatic nitrogens is 1. The first-order valence-electron chi connectivity index (χ1n) is 10.0. The highest BCUT2D eigenvalue weighted by Crippen LogP contribution is 2.48. The maximum absolute atomic E-state index is 16.1. The molecule has 1 heterocycles. The summed E-state index contributed by atoms with van der Waals surface area (Å²) in [5, 5.41) is 3.08. The van der Waals surface area contributed by atoms with Crippen LogP contribution in [0.2, 0.25) is 10.0 Å². The van der Waals surface area contributed by atoms with Gasteiger partial charge in [-0.1, -0.05) is 77.4 Å². The largest absolute Gasteiger partial charge is 0.349 e. The van der Waals surface area contributed by atoms with Crippen LogP contribution in [-0.4, -0.2) is 16.0 Å². The Kier molecular flexibility index (Phi) is 6.84. The summed E-state index contributed by atoms with van der Waals surface area (Å²) in [6.07, 6.45) is 1.81. The van der Waals surface area contributed by atoms with Gasteiger partial charge in [0.05, 0.1) is 10.9 Å². The van der Waals surface area contributed by atoms with Crippen molar-refractivity contribution in [3.63, 3.8) is 0 Å². The predicted octanol–water partition coefficient (Wildman–Crippen LogP) is 6.28. The fourth-order valence-electron chi connectivity index (χ4n) is 3.71.